The molecule has 116 valence electrons. The molecule has 0 radical (unpaired) electrons. The number of nitrogens with zero attached hydrogens (tertiary/aromatic N) is 3. The van der Waals surface area contributed by atoms with E-state index < -0.39 is 0 Å². The zero-order valence-corrected chi connectivity index (χ0v) is 12.2. The Morgan fingerprint density at radius 2 is 2.23 bits per heavy atom. The number of aromatic nitrogens is 2. The van der Waals surface area contributed by atoms with E-state index in [4.69, 9.17) is 9.15 Å². The minimum atomic E-state index is -0.187. The van der Waals surface area contributed by atoms with Crippen LogP contribution in [0.2, 0.25) is 0 Å². The first-order valence-corrected chi connectivity index (χ1v) is 7.56. The molecule has 1 amide bonds. The van der Waals surface area contributed by atoms with Crippen molar-refractivity contribution in [2.45, 2.75) is 25.0 Å². The summed E-state index contributed by atoms with van der Waals surface area (Å²) in [5.74, 6) is 0.676. The number of rotatable bonds is 2. The fraction of sp³-hybridized carbons (Fsp3) is 0.533. The van der Waals surface area contributed by atoms with Crippen molar-refractivity contribution < 1.29 is 13.9 Å². The second kappa shape index (κ2) is 5.33. The summed E-state index contributed by atoms with van der Waals surface area (Å²) in [6, 6.07) is 3.72. The number of pyridine rings is 1. The molecule has 4 heterocycles. The van der Waals surface area contributed by atoms with E-state index in [9.17, 15) is 4.79 Å². The maximum Gasteiger partial charge on any atom is 0.246 e. The van der Waals surface area contributed by atoms with Gasteiger partial charge < -0.3 is 14.5 Å². The monoisotopic (exact) mass is 302 g/mol. The molecule has 0 atom stereocenters. The molecular weight excluding hydrogens is 284 g/mol. The largest absolute Gasteiger partial charge is 0.438 e. The summed E-state index contributed by atoms with van der Waals surface area (Å²) in [6.07, 6.45) is 3.53. The molecule has 0 saturated carbocycles. The molecule has 2 aromatic rings. The van der Waals surface area contributed by atoms with E-state index in [-0.39, 0.29) is 18.1 Å². The molecule has 2 aromatic heterocycles. The van der Waals surface area contributed by atoms with Crippen LogP contribution in [0.4, 0.5) is 0 Å². The van der Waals surface area contributed by atoms with Crippen LogP contribution in [0.25, 0.3) is 11.2 Å². The van der Waals surface area contributed by atoms with Gasteiger partial charge in [0.1, 0.15) is 6.61 Å². The summed E-state index contributed by atoms with van der Waals surface area (Å²) in [7, 11) is 0. The molecule has 0 aliphatic carbocycles. The Morgan fingerprint density at radius 3 is 2.95 bits per heavy atom. The molecule has 0 unspecified atom stereocenters. The SMILES string of the molecule is O=C1COC2(CCN(Cc3nc4ncccc4o3)CC2)CN1. The molecule has 7 nitrogen and oxygen atoms in total. The van der Waals surface area contributed by atoms with Gasteiger partial charge in [-0.3, -0.25) is 9.69 Å². The van der Waals surface area contributed by atoms with Crippen LogP contribution in [0, 0.1) is 0 Å². The smallest absolute Gasteiger partial charge is 0.246 e. The van der Waals surface area contributed by atoms with Gasteiger partial charge in [0.2, 0.25) is 11.8 Å². The predicted molar refractivity (Wildman–Crippen MR) is 78.0 cm³/mol. The molecule has 4 rings (SSSR count). The number of oxazole rings is 1. The van der Waals surface area contributed by atoms with Crippen LogP contribution in [0.5, 0.6) is 0 Å². The van der Waals surface area contributed by atoms with E-state index in [1.54, 1.807) is 6.20 Å². The molecule has 2 aliphatic rings. The van der Waals surface area contributed by atoms with Gasteiger partial charge in [0.25, 0.3) is 0 Å². The number of nitrogens with one attached hydrogen (secondary N) is 1. The van der Waals surface area contributed by atoms with Crippen LogP contribution in [0.3, 0.4) is 0 Å². The van der Waals surface area contributed by atoms with Crippen LogP contribution in [0.1, 0.15) is 18.7 Å². The maximum absolute atomic E-state index is 11.2. The quantitative estimate of drug-likeness (QED) is 0.880. The highest BCUT2D eigenvalue weighted by Gasteiger charge is 2.39. The van der Waals surface area contributed by atoms with Gasteiger partial charge in [-0.25, -0.2) is 4.98 Å². The van der Waals surface area contributed by atoms with E-state index in [0.29, 0.717) is 24.6 Å². The number of carbonyl (C=O) groups is 1. The highest BCUT2D eigenvalue weighted by atomic mass is 16.5. The van der Waals surface area contributed by atoms with E-state index in [2.05, 4.69) is 20.2 Å². The number of piperidine rings is 1. The Labute approximate surface area is 127 Å². The van der Waals surface area contributed by atoms with Gasteiger partial charge >= 0.3 is 0 Å². The second-order valence-corrected chi connectivity index (χ2v) is 5.96. The third-order valence-electron chi connectivity index (χ3n) is 4.45. The number of carbonyl (C=O) groups excluding carboxylic acids is 1. The molecule has 1 N–H and O–H groups in total. The number of ether oxygens (including phenoxy) is 1. The first-order chi connectivity index (χ1) is 10.7. The summed E-state index contributed by atoms with van der Waals surface area (Å²) < 4.78 is 11.5. The van der Waals surface area contributed by atoms with E-state index in [1.165, 1.54) is 0 Å². The van der Waals surface area contributed by atoms with Gasteiger partial charge in [0.05, 0.1) is 12.1 Å². The lowest BCUT2D eigenvalue weighted by molar-refractivity contribution is -0.150. The van der Waals surface area contributed by atoms with Gasteiger partial charge in [-0.05, 0) is 25.0 Å². The summed E-state index contributed by atoms with van der Waals surface area (Å²) in [6.45, 7) is 3.28. The number of fused-ring (bicyclic) bond motifs is 1. The molecule has 22 heavy (non-hydrogen) atoms. The lowest BCUT2D eigenvalue weighted by atomic mass is 9.90. The molecule has 0 bridgehead atoms. The van der Waals surface area contributed by atoms with E-state index >= 15 is 0 Å². The van der Waals surface area contributed by atoms with Gasteiger partial charge in [0, 0.05) is 25.8 Å². The minimum absolute atomic E-state index is 0.0213. The first kappa shape index (κ1) is 13.7. The van der Waals surface area contributed by atoms with Crippen molar-refractivity contribution in [1.29, 1.82) is 0 Å². The number of hydrogen-bond donors (Lipinski definition) is 1. The molecule has 2 fully saturated rings. The van der Waals surface area contributed by atoms with Gasteiger partial charge in [-0.2, -0.15) is 4.98 Å². The molecule has 7 heteroatoms. The zero-order chi connectivity index (χ0) is 15.0. The highest BCUT2D eigenvalue weighted by Crippen LogP contribution is 2.28. The van der Waals surface area contributed by atoms with Crippen molar-refractivity contribution >= 4 is 17.1 Å². The standard InChI is InChI=1S/C15H18N4O3/c20-12-9-21-15(10-17-12)3-6-19(7-4-15)8-13-18-14-11(22-13)2-1-5-16-14/h1-2,5H,3-4,6-10H2,(H,17,20). The highest BCUT2D eigenvalue weighted by molar-refractivity contribution is 5.78. The van der Waals surface area contributed by atoms with Crippen LogP contribution in [-0.4, -0.2) is 52.6 Å². The third kappa shape index (κ3) is 2.57. The Kier molecular flexibility index (Phi) is 3.31. The van der Waals surface area contributed by atoms with Crippen LogP contribution in [-0.2, 0) is 16.1 Å². The summed E-state index contributed by atoms with van der Waals surface area (Å²) in [5.41, 5.74) is 1.20. The molecule has 2 saturated heterocycles. The van der Waals surface area contributed by atoms with Gasteiger partial charge in [-0.1, -0.05) is 0 Å². The predicted octanol–water partition coefficient (Wildman–Crippen LogP) is 0.704. The Balaban J connectivity index is 1.38. The normalized spacial score (nSPS) is 22.1. The number of morpholine rings is 1. The lowest BCUT2D eigenvalue weighted by Crippen LogP contribution is -2.57. The summed E-state index contributed by atoms with van der Waals surface area (Å²) in [5, 5.41) is 2.90. The fourth-order valence-corrected chi connectivity index (χ4v) is 3.09. The molecule has 2 aliphatic heterocycles. The van der Waals surface area contributed by atoms with Gasteiger partial charge in [0.15, 0.2) is 11.2 Å². The Morgan fingerprint density at radius 1 is 1.36 bits per heavy atom. The average Bonchev–Trinajstić information content (AvgIpc) is 2.95. The Hall–Kier alpha value is -1.99. The van der Waals surface area contributed by atoms with E-state index in [0.717, 1.165) is 31.5 Å². The summed E-state index contributed by atoms with van der Waals surface area (Å²) in [4.78, 5) is 22.1. The van der Waals surface area contributed by atoms with Gasteiger partial charge in [-0.15, -0.1) is 0 Å². The number of likely N-dealkylation sites (tertiary alicyclic amines) is 1. The van der Waals surface area contributed by atoms with Crippen molar-refractivity contribution in [3.05, 3.63) is 24.2 Å². The van der Waals surface area contributed by atoms with Crippen LogP contribution >= 0.6 is 0 Å². The first-order valence-electron chi connectivity index (χ1n) is 7.56. The second-order valence-electron chi connectivity index (χ2n) is 5.96. The maximum atomic E-state index is 11.2. The Bertz CT molecular complexity index is 646. The zero-order valence-electron chi connectivity index (χ0n) is 12.2. The molecule has 0 aromatic carbocycles. The third-order valence-corrected chi connectivity index (χ3v) is 4.45. The van der Waals surface area contributed by atoms with Crippen molar-refractivity contribution in [2.75, 3.05) is 26.2 Å². The van der Waals surface area contributed by atoms with E-state index in [1.807, 2.05) is 12.1 Å². The fourth-order valence-electron chi connectivity index (χ4n) is 3.09. The van der Waals surface area contributed by atoms with Crippen LogP contribution in [0.15, 0.2) is 22.7 Å². The number of hydrogen-bond acceptors (Lipinski definition) is 6. The molecule has 1 spiro atoms. The molecular formula is C15H18N4O3. The van der Waals surface area contributed by atoms with Crippen molar-refractivity contribution in [3.8, 4) is 0 Å². The minimum Gasteiger partial charge on any atom is -0.438 e. The van der Waals surface area contributed by atoms with Crippen molar-refractivity contribution in [2.24, 2.45) is 0 Å². The van der Waals surface area contributed by atoms with Crippen molar-refractivity contribution in [1.82, 2.24) is 20.2 Å². The lowest BCUT2D eigenvalue weighted by Gasteiger charge is -2.43. The average molecular weight is 302 g/mol. The van der Waals surface area contributed by atoms with Crippen LogP contribution < -0.4 is 5.32 Å². The summed E-state index contributed by atoms with van der Waals surface area (Å²) >= 11 is 0. The van der Waals surface area contributed by atoms with Crippen molar-refractivity contribution in [3.63, 3.8) is 0 Å². The number of amides is 1. The topological polar surface area (TPSA) is 80.5 Å².